The second kappa shape index (κ2) is 5.77. The van der Waals surface area contributed by atoms with Crippen LogP contribution >= 0.6 is 0 Å². The number of rotatable bonds is 4. The maximum Gasteiger partial charge on any atom is 0.273 e. The molecule has 1 heterocycles. The summed E-state index contributed by atoms with van der Waals surface area (Å²) in [5.74, 6) is 0.434. The van der Waals surface area contributed by atoms with Crippen molar-refractivity contribution in [2.45, 2.75) is 13.5 Å². The van der Waals surface area contributed by atoms with E-state index in [1.54, 1.807) is 12.1 Å². The maximum atomic E-state index is 10.8. The Hall–Kier alpha value is -3.02. The lowest BCUT2D eigenvalue weighted by atomic mass is 10.2. The average Bonchev–Trinajstić information content (AvgIpc) is 2.53. The maximum absolute atomic E-state index is 10.8. The SMILES string of the molecule is Cc1nc2ccccc2nc1COc1cccc([N+](=O)[O-])c1. The molecule has 0 aliphatic rings. The lowest BCUT2D eigenvalue weighted by molar-refractivity contribution is -0.384. The minimum Gasteiger partial charge on any atom is -0.487 e. The summed E-state index contributed by atoms with van der Waals surface area (Å²) in [5, 5.41) is 10.8. The highest BCUT2D eigenvalue weighted by atomic mass is 16.6. The van der Waals surface area contributed by atoms with Gasteiger partial charge in [0.25, 0.3) is 5.69 Å². The van der Waals surface area contributed by atoms with E-state index in [4.69, 9.17) is 4.74 Å². The van der Waals surface area contributed by atoms with Crippen LogP contribution in [0, 0.1) is 17.0 Å². The van der Waals surface area contributed by atoms with Gasteiger partial charge in [-0.3, -0.25) is 10.1 Å². The van der Waals surface area contributed by atoms with Crippen molar-refractivity contribution in [3.8, 4) is 5.75 Å². The molecule has 0 saturated heterocycles. The molecule has 110 valence electrons. The Morgan fingerprint density at radius 1 is 1.09 bits per heavy atom. The van der Waals surface area contributed by atoms with Crippen LogP contribution in [0.3, 0.4) is 0 Å². The number of para-hydroxylation sites is 2. The van der Waals surface area contributed by atoms with Gasteiger partial charge in [0.1, 0.15) is 12.4 Å². The molecule has 0 saturated carbocycles. The number of aryl methyl sites for hydroxylation is 1. The van der Waals surface area contributed by atoms with Crippen LogP contribution in [0.15, 0.2) is 48.5 Å². The van der Waals surface area contributed by atoms with Crippen molar-refractivity contribution in [1.29, 1.82) is 0 Å². The number of hydrogen-bond acceptors (Lipinski definition) is 5. The van der Waals surface area contributed by atoms with E-state index >= 15 is 0 Å². The molecule has 0 aliphatic carbocycles. The highest BCUT2D eigenvalue weighted by Gasteiger charge is 2.09. The van der Waals surface area contributed by atoms with Crippen LogP contribution in [0.5, 0.6) is 5.75 Å². The molecule has 3 rings (SSSR count). The number of nitrogens with zero attached hydrogens (tertiary/aromatic N) is 3. The summed E-state index contributed by atoms with van der Waals surface area (Å²) >= 11 is 0. The molecule has 0 radical (unpaired) electrons. The van der Waals surface area contributed by atoms with Crippen molar-refractivity contribution in [2.24, 2.45) is 0 Å². The number of aromatic nitrogens is 2. The van der Waals surface area contributed by atoms with Gasteiger partial charge in [-0.2, -0.15) is 0 Å². The van der Waals surface area contributed by atoms with Crippen LogP contribution in [-0.2, 0) is 6.61 Å². The van der Waals surface area contributed by atoms with E-state index in [1.165, 1.54) is 12.1 Å². The molecule has 6 heteroatoms. The van der Waals surface area contributed by atoms with E-state index in [2.05, 4.69) is 9.97 Å². The molecular formula is C16H13N3O3. The molecule has 0 fully saturated rings. The summed E-state index contributed by atoms with van der Waals surface area (Å²) < 4.78 is 5.61. The van der Waals surface area contributed by atoms with Crippen molar-refractivity contribution in [1.82, 2.24) is 9.97 Å². The Balaban J connectivity index is 1.83. The topological polar surface area (TPSA) is 78.2 Å². The summed E-state index contributed by atoms with van der Waals surface area (Å²) in [6.45, 7) is 2.08. The van der Waals surface area contributed by atoms with Gasteiger partial charge in [-0.05, 0) is 25.1 Å². The lowest BCUT2D eigenvalue weighted by Gasteiger charge is -2.08. The zero-order valence-electron chi connectivity index (χ0n) is 11.9. The first kappa shape index (κ1) is 13.9. The highest BCUT2D eigenvalue weighted by molar-refractivity contribution is 5.74. The smallest absolute Gasteiger partial charge is 0.273 e. The van der Waals surface area contributed by atoms with Crippen molar-refractivity contribution >= 4 is 16.7 Å². The largest absolute Gasteiger partial charge is 0.487 e. The molecule has 0 aliphatic heterocycles. The van der Waals surface area contributed by atoms with Gasteiger partial charge in [-0.25, -0.2) is 9.97 Å². The van der Waals surface area contributed by atoms with Crippen molar-refractivity contribution in [3.63, 3.8) is 0 Å². The molecule has 22 heavy (non-hydrogen) atoms. The van der Waals surface area contributed by atoms with Gasteiger partial charge in [0.2, 0.25) is 0 Å². The fourth-order valence-electron chi connectivity index (χ4n) is 2.10. The molecule has 0 unspecified atom stereocenters. The number of hydrogen-bond donors (Lipinski definition) is 0. The summed E-state index contributed by atoms with van der Waals surface area (Å²) in [5.41, 5.74) is 3.12. The lowest BCUT2D eigenvalue weighted by Crippen LogP contribution is -2.03. The number of nitro benzene ring substituents is 1. The normalized spacial score (nSPS) is 10.6. The Labute approximate surface area is 126 Å². The van der Waals surface area contributed by atoms with Crippen LogP contribution in [0.25, 0.3) is 11.0 Å². The molecule has 0 spiro atoms. The zero-order valence-corrected chi connectivity index (χ0v) is 11.9. The minimum absolute atomic E-state index is 0.00109. The van der Waals surface area contributed by atoms with Gasteiger partial charge < -0.3 is 4.74 Å². The number of benzene rings is 2. The predicted molar refractivity (Wildman–Crippen MR) is 81.7 cm³/mol. The van der Waals surface area contributed by atoms with Crippen molar-refractivity contribution < 1.29 is 9.66 Å². The molecular weight excluding hydrogens is 282 g/mol. The molecule has 1 aromatic heterocycles. The Bertz CT molecular complexity index is 849. The molecule has 0 atom stereocenters. The third-order valence-electron chi connectivity index (χ3n) is 3.25. The van der Waals surface area contributed by atoms with Crippen LogP contribution < -0.4 is 4.74 Å². The quantitative estimate of drug-likeness (QED) is 0.544. The van der Waals surface area contributed by atoms with Crippen molar-refractivity contribution in [2.75, 3.05) is 0 Å². The third kappa shape index (κ3) is 2.85. The van der Waals surface area contributed by atoms with Gasteiger partial charge >= 0.3 is 0 Å². The summed E-state index contributed by atoms with van der Waals surface area (Å²) in [6, 6.07) is 13.7. The highest BCUT2D eigenvalue weighted by Crippen LogP contribution is 2.20. The second-order valence-electron chi connectivity index (χ2n) is 4.79. The average molecular weight is 295 g/mol. The Morgan fingerprint density at radius 2 is 1.82 bits per heavy atom. The first-order valence-corrected chi connectivity index (χ1v) is 6.73. The van der Waals surface area contributed by atoms with Crippen molar-refractivity contribution in [3.05, 3.63) is 70.0 Å². The zero-order chi connectivity index (χ0) is 15.5. The number of non-ortho nitro benzene ring substituents is 1. The van der Waals surface area contributed by atoms with Gasteiger partial charge in [0.15, 0.2) is 0 Å². The molecule has 0 amide bonds. The standard InChI is InChI=1S/C16H13N3O3/c1-11-16(18-15-8-3-2-7-14(15)17-11)10-22-13-6-4-5-12(9-13)19(20)21/h2-9H,10H2,1H3. The van der Waals surface area contributed by atoms with Crippen LogP contribution in [0.1, 0.15) is 11.4 Å². The molecule has 2 aromatic carbocycles. The Morgan fingerprint density at radius 3 is 2.55 bits per heavy atom. The van der Waals surface area contributed by atoms with E-state index < -0.39 is 4.92 Å². The number of nitro groups is 1. The minimum atomic E-state index is -0.450. The Kier molecular flexibility index (Phi) is 3.65. The van der Waals surface area contributed by atoms with Gasteiger partial charge in [-0.15, -0.1) is 0 Å². The summed E-state index contributed by atoms with van der Waals surface area (Å²) in [7, 11) is 0. The van der Waals surface area contributed by atoms with Crippen LogP contribution in [0.4, 0.5) is 5.69 Å². The van der Waals surface area contributed by atoms with E-state index in [0.717, 1.165) is 16.7 Å². The molecule has 0 N–H and O–H groups in total. The monoisotopic (exact) mass is 295 g/mol. The number of fused-ring (bicyclic) bond motifs is 1. The molecule has 3 aromatic rings. The van der Waals surface area contributed by atoms with E-state index in [0.29, 0.717) is 11.4 Å². The van der Waals surface area contributed by atoms with Crippen LogP contribution in [-0.4, -0.2) is 14.9 Å². The third-order valence-corrected chi connectivity index (χ3v) is 3.25. The predicted octanol–water partition coefficient (Wildman–Crippen LogP) is 3.43. The van der Waals surface area contributed by atoms with E-state index in [-0.39, 0.29) is 12.3 Å². The van der Waals surface area contributed by atoms with E-state index in [1.807, 2.05) is 31.2 Å². The molecule has 0 bridgehead atoms. The van der Waals surface area contributed by atoms with Gasteiger partial charge in [-0.1, -0.05) is 18.2 Å². The van der Waals surface area contributed by atoms with E-state index in [9.17, 15) is 10.1 Å². The summed E-state index contributed by atoms with van der Waals surface area (Å²) in [4.78, 5) is 19.3. The fourth-order valence-corrected chi connectivity index (χ4v) is 2.10. The summed E-state index contributed by atoms with van der Waals surface area (Å²) in [6.07, 6.45) is 0. The fraction of sp³-hybridized carbons (Fsp3) is 0.125. The van der Waals surface area contributed by atoms with Gasteiger partial charge in [0, 0.05) is 6.07 Å². The van der Waals surface area contributed by atoms with Crippen LogP contribution in [0.2, 0.25) is 0 Å². The first-order valence-electron chi connectivity index (χ1n) is 6.73. The number of ether oxygens (including phenoxy) is 1. The van der Waals surface area contributed by atoms with Gasteiger partial charge in [0.05, 0.1) is 33.4 Å². The molecule has 6 nitrogen and oxygen atoms in total. The second-order valence-corrected chi connectivity index (χ2v) is 4.79. The first-order chi connectivity index (χ1) is 10.6.